The van der Waals surface area contributed by atoms with Crippen molar-refractivity contribution in [1.82, 2.24) is 4.98 Å². The predicted octanol–water partition coefficient (Wildman–Crippen LogP) is 3.58. The summed E-state index contributed by atoms with van der Waals surface area (Å²) in [4.78, 5) is 3.09. The zero-order chi connectivity index (χ0) is 7.84. The molecule has 0 radical (unpaired) electrons. The zero-order valence-corrected chi connectivity index (χ0v) is 7.91. The lowest BCUT2D eigenvalue weighted by atomic mass is 10.2. The van der Waals surface area contributed by atoms with Gasteiger partial charge < -0.3 is 4.98 Å². The van der Waals surface area contributed by atoms with Crippen molar-refractivity contribution < 1.29 is 0 Å². The molecule has 0 aliphatic heterocycles. The number of fused-ring (bicyclic) bond motifs is 1. The van der Waals surface area contributed by atoms with Crippen molar-refractivity contribution in [3.8, 4) is 0 Å². The molecule has 1 aromatic heterocycles. The second kappa shape index (κ2) is 2.54. The van der Waals surface area contributed by atoms with Crippen LogP contribution in [0.25, 0.3) is 10.9 Å². The lowest BCUT2D eigenvalue weighted by Crippen LogP contribution is -1.70. The van der Waals surface area contributed by atoms with Gasteiger partial charge in [0.15, 0.2) is 0 Å². The van der Waals surface area contributed by atoms with E-state index in [4.69, 9.17) is 11.6 Å². The van der Waals surface area contributed by atoms with Crippen LogP contribution in [-0.4, -0.2) is 4.98 Å². The number of nitrogens with one attached hydrogen (secondary N) is 1. The van der Waals surface area contributed by atoms with Gasteiger partial charge in [-0.15, -0.1) is 0 Å². The highest BCUT2D eigenvalue weighted by Crippen LogP contribution is 2.26. The third-order valence-corrected chi connectivity index (χ3v) is 2.46. The van der Waals surface area contributed by atoms with Crippen LogP contribution in [0.5, 0.6) is 0 Å². The highest BCUT2D eigenvalue weighted by Gasteiger charge is 1.99. The van der Waals surface area contributed by atoms with Crippen LogP contribution >= 0.6 is 27.5 Å². The molecule has 2 rings (SSSR count). The second-order valence-corrected chi connectivity index (χ2v) is 3.62. The Morgan fingerprint density at radius 3 is 3.00 bits per heavy atom. The number of hydrogen-bond donors (Lipinski definition) is 1. The molecule has 0 fully saturated rings. The average molecular weight is 230 g/mol. The van der Waals surface area contributed by atoms with Crippen LogP contribution in [0.15, 0.2) is 28.9 Å². The molecule has 1 nitrogen and oxygen atoms in total. The molecule has 0 spiro atoms. The van der Waals surface area contributed by atoms with E-state index in [1.54, 1.807) is 0 Å². The Labute approximate surface area is 77.5 Å². The molecular formula is C8H5BrClN. The van der Waals surface area contributed by atoms with Gasteiger partial charge in [0.25, 0.3) is 0 Å². The molecule has 0 bridgehead atoms. The summed E-state index contributed by atoms with van der Waals surface area (Å²) in [5.41, 5.74) is 1.06. The van der Waals surface area contributed by atoms with Crippen LogP contribution in [0.1, 0.15) is 0 Å². The summed E-state index contributed by atoms with van der Waals surface area (Å²) in [7, 11) is 0. The maximum absolute atomic E-state index is 5.83. The number of rotatable bonds is 0. The first kappa shape index (κ1) is 7.19. The van der Waals surface area contributed by atoms with Crippen LogP contribution in [0.2, 0.25) is 5.02 Å². The summed E-state index contributed by atoms with van der Waals surface area (Å²) in [6, 6.07) is 5.80. The number of halogens is 2. The summed E-state index contributed by atoms with van der Waals surface area (Å²) in [5.74, 6) is 0. The molecule has 0 amide bonds. The normalized spacial score (nSPS) is 10.7. The summed E-state index contributed by atoms with van der Waals surface area (Å²) in [5, 5.41) is 1.90. The van der Waals surface area contributed by atoms with Gasteiger partial charge in [-0.2, -0.15) is 0 Å². The number of aromatic nitrogens is 1. The Morgan fingerprint density at radius 1 is 1.36 bits per heavy atom. The fourth-order valence-corrected chi connectivity index (χ4v) is 2.03. The fourth-order valence-electron chi connectivity index (χ4n) is 1.09. The van der Waals surface area contributed by atoms with Gasteiger partial charge in [-0.1, -0.05) is 27.5 Å². The highest BCUT2D eigenvalue weighted by molar-refractivity contribution is 9.10. The Balaban J connectivity index is 2.91. The quantitative estimate of drug-likeness (QED) is 0.712. The van der Waals surface area contributed by atoms with Gasteiger partial charge in [0.2, 0.25) is 0 Å². The number of H-pyrrole nitrogens is 1. The van der Waals surface area contributed by atoms with Gasteiger partial charge in [0, 0.05) is 26.6 Å². The van der Waals surface area contributed by atoms with Crippen LogP contribution in [0, 0.1) is 0 Å². The lowest BCUT2D eigenvalue weighted by molar-refractivity contribution is 1.48. The van der Waals surface area contributed by atoms with Gasteiger partial charge in [-0.05, 0) is 18.2 Å². The first-order valence-electron chi connectivity index (χ1n) is 3.19. The van der Waals surface area contributed by atoms with E-state index < -0.39 is 0 Å². The molecule has 2 aromatic rings. The molecule has 3 heteroatoms. The predicted molar refractivity (Wildman–Crippen MR) is 51.0 cm³/mol. The molecular weight excluding hydrogens is 225 g/mol. The molecule has 0 saturated heterocycles. The standard InChI is InChI=1S/C8H5BrClN/c9-7-3-5(10)4-8-6(7)1-2-11-8/h1-4,11H. The van der Waals surface area contributed by atoms with Crippen LogP contribution in [0.4, 0.5) is 0 Å². The van der Waals surface area contributed by atoms with Gasteiger partial charge >= 0.3 is 0 Å². The van der Waals surface area contributed by atoms with E-state index in [0.717, 1.165) is 20.4 Å². The third kappa shape index (κ3) is 1.17. The molecule has 1 heterocycles. The maximum Gasteiger partial charge on any atom is 0.0480 e. The average Bonchev–Trinajstić information content (AvgIpc) is 2.34. The van der Waals surface area contributed by atoms with Crippen LogP contribution in [0.3, 0.4) is 0 Å². The van der Waals surface area contributed by atoms with Crippen molar-refractivity contribution in [3.05, 3.63) is 33.9 Å². The summed E-state index contributed by atoms with van der Waals surface area (Å²) in [6.45, 7) is 0. The van der Waals surface area contributed by atoms with E-state index in [2.05, 4.69) is 20.9 Å². The zero-order valence-electron chi connectivity index (χ0n) is 5.57. The minimum atomic E-state index is 0.742. The van der Waals surface area contributed by atoms with Crippen LogP contribution < -0.4 is 0 Å². The topological polar surface area (TPSA) is 15.8 Å². The van der Waals surface area contributed by atoms with E-state index in [1.165, 1.54) is 0 Å². The molecule has 0 saturated carbocycles. The molecule has 1 aromatic carbocycles. The van der Waals surface area contributed by atoms with E-state index in [9.17, 15) is 0 Å². The Morgan fingerprint density at radius 2 is 2.18 bits per heavy atom. The molecule has 56 valence electrons. The second-order valence-electron chi connectivity index (χ2n) is 2.33. The Bertz CT molecular complexity index is 394. The third-order valence-electron chi connectivity index (χ3n) is 1.58. The van der Waals surface area contributed by atoms with Crippen LogP contribution in [-0.2, 0) is 0 Å². The minimum Gasteiger partial charge on any atom is -0.361 e. The minimum absolute atomic E-state index is 0.742. The van der Waals surface area contributed by atoms with Crippen molar-refractivity contribution in [1.29, 1.82) is 0 Å². The Kier molecular flexibility index (Phi) is 1.66. The van der Waals surface area contributed by atoms with Crippen molar-refractivity contribution in [2.45, 2.75) is 0 Å². The fraction of sp³-hybridized carbons (Fsp3) is 0. The van der Waals surface area contributed by atoms with Gasteiger partial charge in [0.05, 0.1) is 0 Å². The first-order valence-corrected chi connectivity index (χ1v) is 4.36. The lowest BCUT2D eigenvalue weighted by Gasteiger charge is -1.94. The molecule has 0 unspecified atom stereocenters. The summed E-state index contributed by atoms with van der Waals surface area (Å²) >= 11 is 9.25. The number of benzene rings is 1. The summed E-state index contributed by atoms with van der Waals surface area (Å²) in [6.07, 6.45) is 1.89. The van der Waals surface area contributed by atoms with E-state index in [0.29, 0.717) is 0 Å². The number of aromatic amines is 1. The molecule has 1 N–H and O–H groups in total. The maximum atomic E-state index is 5.83. The highest BCUT2D eigenvalue weighted by atomic mass is 79.9. The molecule has 11 heavy (non-hydrogen) atoms. The van der Waals surface area contributed by atoms with Gasteiger partial charge in [-0.3, -0.25) is 0 Å². The SMILES string of the molecule is Clc1cc(Br)c2cc[nH]c2c1. The van der Waals surface area contributed by atoms with E-state index >= 15 is 0 Å². The van der Waals surface area contributed by atoms with E-state index in [1.807, 2.05) is 24.4 Å². The summed E-state index contributed by atoms with van der Waals surface area (Å²) < 4.78 is 1.03. The molecule has 0 atom stereocenters. The van der Waals surface area contributed by atoms with Gasteiger partial charge in [0.1, 0.15) is 0 Å². The Hall–Kier alpha value is -0.470. The monoisotopic (exact) mass is 229 g/mol. The van der Waals surface area contributed by atoms with E-state index in [-0.39, 0.29) is 0 Å². The van der Waals surface area contributed by atoms with Crippen molar-refractivity contribution in [3.63, 3.8) is 0 Å². The number of hydrogen-bond acceptors (Lipinski definition) is 0. The largest absolute Gasteiger partial charge is 0.361 e. The smallest absolute Gasteiger partial charge is 0.0480 e. The molecule has 0 aliphatic carbocycles. The van der Waals surface area contributed by atoms with Crippen molar-refractivity contribution in [2.75, 3.05) is 0 Å². The van der Waals surface area contributed by atoms with Crippen molar-refractivity contribution in [2.24, 2.45) is 0 Å². The van der Waals surface area contributed by atoms with Crippen molar-refractivity contribution >= 4 is 38.4 Å². The van der Waals surface area contributed by atoms with Gasteiger partial charge in [-0.25, -0.2) is 0 Å². The molecule has 0 aliphatic rings. The first-order chi connectivity index (χ1) is 5.27.